The smallest absolute Gasteiger partial charge is 0.325 e. The first-order valence-corrected chi connectivity index (χ1v) is 13.6. The highest BCUT2D eigenvalue weighted by molar-refractivity contribution is 5.77. The van der Waals surface area contributed by atoms with Crippen molar-refractivity contribution in [2.24, 2.45) is 0 Å². The number of halogens is 1. The molecule has 0 aliphatic carbocycles. The van der Waals surface area contributed by atoms with E-state index in [1.165, 1.54) is 25.2 Å². The zero-order valence-electron chi connectivity index (χ0n) is 22.3. The Kier molecular flexibility index (Phi) is 9.38. The number of nitrogens with zero attached hydrogens (tertiary/aromatic N) is 2. The van der Waals surface area contributed by atoms with Crippen LogP contribution < -0.4 is 10.1 Å². The van der Waals surface area contributed by atoms with Crippen LogP contribution in [0.3, 0.4) is 0 Å². The number of nitrogens with one attached hydrogen (secondary N) is 1. The second kappa shape index (κ2) is 12.7. The topological polar surface area (TPSA) is 83.9 Å². The fourth-order valence-electron chi connectivity index (χ4n) is 5.34. The molecule has 1 fully saturated rings. The van der Waals surface area contributed by atoms with Gasteiger partial charge in [-0.3, -0.25) is 9.69 Å². The number of methoxy groups -OCH3 is 1. The van der Waals surface area contributed by atoms with Gasteiger partial charge in [-0.05, 0) is 73.8 Å². The van der Waals surface area contributed by atoms with Crippen LogP contribution in [-0.4, -0.2) is 60.4 Å². The lowest BCUT2D eigenvalue weighted by Gasteiger charge is -2.27. The number of benzene rings is 1. The molecule has 8 heteroatoms. The molecule has 1 aromatic carbocycles. The number of unbranched alkanes of at least 4 members (excludes halogenated alkanes) is 2. The summed E-state index contributed by atoms with van der Waals surface area (Å²) in [6.45, 7) is 6.65. The van der Waals surface area contributed by atoms with E-state index in [9.17, 15) is 14.3 Å². The normalized spacial score (nSPS) is 18.5. The lowest BCUT2D eigenvalue weighted by atomic mass is 9.95. The second-order valence-electron chi connectivity index (χ2n) is 10.4. The lowest BCUT2D eigenvalue weighted by Crippen LogP contribution is -2.34. The molecule has 2 atom stereocenters. The highest BCUT2D eigenvalue weighted by Crippen LogP contribution is 2.37. The summed E-state index contributed by atoms with van der Waals surface area (Å²) in [7, 11) is 1.38. The van der Waals surface area contributed by atoms with Crippen LogP contribution in [-0.2, 0) is 22.4 Å². The van der Waals surface area contributed by atoms with Crippen molar-refractivity contribution in [2.45, 2.75) is 76.9 Å². The van der Waals surface area contributed by atoms with E-state index in [1.807, 2.05) is 18.7 Å². The highest BCUT2D eigenvalue weighted by atomic mass is 19.1. The third kappa shape index (κ3) is 6.79. The molecule has 0 amide bonds. The van der Waals surface area contributed by atoms with Gasteiger partial charge in [-0.2, -0.15) is 0 Å². The van der Waals surface area contributed by atoms with Gasteiger partial charge in [0.2, 0.25) is 0 Å². The van der Waals surface area contributed by atoms with Crippen LogP contribution >= 0.6 is 0 Å². The van der Waals surface area contributed by atoms with Crippen LogP contribution in [0.2, 0.25) is 0 Å². The third-order valence-electron chi connectivity index (χ3n) is 7.42. The van der Waals surface area contributed by atoms with Gasteiger partial charge in [0.1, 0.15) is 11.9 Å². The number of aromatic nitrogens is 1. The number of carboxylic acid groups (broad SMARTS) is 1. The summed E-state index contributed by atoms with van der Waals surface area (Å²) < 4.78 is 26.1. The van der Waals surface area contributed by atoms with E-state index < -0.39 is 17.8 Å². The number of ether oxygens (including phenoxy) is 2. The molecule has 0 saturated carbocycles. The van der Waals surface area contributed by atoms with E-state index in [-0.39, 0.29) is 17.8 Å². The standard InChI is InChI=1S/C29H40FN3O4/c1-19(2)21-16-24(27(36-3)25(30)17-21)26(29(34)35)33-14-12-23(18-33)37-15-6-4-5-9-22-11-10-20-8-7-13-31-28(20)32-22/h10-11,16-17,19,23,26H,4-9,12-15,18H2,1-3H3,(H,31,32)(H,34,35)/t23-,26+/m1/s1. The summed E-state index contributed by atoms with van der Waals surface area (Å²) in [4.78, 5) is 18.9. The van der Waals surface area contributed by atoms with Crippen molar-refractivity contribution in [3.63, 3.8) is 0 Å². The molecular weight excluding hydrogens is 473 g/mol. The average molecular weight is 514 g/mol. The maximum absolute atomic E-state index is 14.7. The fraction of sp³-hybridized carbons (Fsp3) is 0.586. The minimum absolute atomic E-state index is 0.00497. The summed E-state index contributed by atoms with van der Waals surface area (Å²) in [5.74, 6) is -0.406. The average Bonchev–Trinajstić information content (AvgIpc) is 3.33. The van der Waals surface area contributed by atoms with Crippen LogP contribution in [0, 0.1) is 5.82 Å². The maximum Gasteiger partial charge on any atom is 0.325 e. The van der Waals surface area contributed by atoms with Gasteiger partial charge in [0.05, 0.1) is 13.2 Å². The zero-order chi connectivity index (χ0) is 26.4. The molecule has 1 saturated heterocycles. The van der Waals surface area contributed by atoms with Crippen LogP contribution in [0.1, 0.15) is 80.3 Å². The molecule has 2 aliphatic heterocycles. The molecule has 2 N–H and O–H groups in total. The first-order valence-electron chi connectivity index (χ1n) is 13.6. The van der Waals surface area contributed by atoms with Gasteiger partial charge in [-0.15, -0.1) is 0 Å². The van der Waals surface area contributed by atoms with E-state index in [2.05, 4.69) is 17.4 Å². The lowest BCUT2D eigenvalue weighted by molar-refractivity contribution is -0.143. The van der Waals surface area contributed by atoms with Crippen molar-refractivity contribution in [3.8, 4) is 5.75 Å². The Morgan fingerprint density at radius 2 is 2.11 bits per heavy atom. The van der Waals surface area contributed by atoms with E-state index in [4.69, 9.17) is 14.5 Å². The number of hydrogen-bond donors (Lipinski definition) is 2. The zero-order valence-corrected chi connectivity index (χ0v) is 22.3. The summed E-state index contributed by atoms with van der Waals surface area (Å²) in [5.41, 5.74) is 3.57. The van der Waals surface area contributed by atoms with Gasteiger partial charge in [0.25, 0.3) is 0 Å². The summed E-state index contributed by atoms with van der Waals surface area (Å²) >= 11 is 0. The number of likely N-dealkylation sites (tertiary alicyclic amines) is 1. The van der Waals surface area contributed by atoms with Crippen LogP contribution in [0.25, 0.3) is 0 Å². The number of carbonyl (C=O) groups is 1. The van der Waals surface area contributed by atoms with Crippen LogP contribution in [0.15, 0.2) is 24.3 Å². The Labute approximate surface area is 219 Å². The number of hydrogen-bond acceptors (Lipinski definition) is 6. The molecule has 0 radical (unpaired) electrons. The quantitative estimate of drug-likeness (QED) is 0.371. The molecule has 1 aromatic heterocycles. The summed E-state index contributed by atoms with van der Waals surface area (Å²) in [6.07, 6.45) is 7.03. The van der Waals surface area contributed by atoms with Crippen molar-refractivity contribution in [1.29, 1.82) is 0 Å². The number of pyridine rings is 1. The molecule has 202 valence electrons. The van der Waals surface area contributed by atoms with Crippen LogP contribution in [0.5, 0.6) is 5.75 Å². The fourth-order valence-corrected chi connectivity index (χ4v) is 5.34. The van der Waals surface area contributed by atoms with E-state index in [0.29, 0.717) is 25.3 Å². The Morgan fingerprint density at radius 1 is 1.27 bits per heavy atom. The molecule has 0 spiro atoms. The number of fused-ring (bicyclic) bond motifs is 1. The Morgan fingerprint density at radius 3 is 2.86 bits per heavy atom. The van der Waals surface area contributed by atoms with Crippen molar-refractivity contribution in [3.05, 3.63) is 52.5 Å². The minimum Gasteiger partial charge on any atom is -0.493 e. The van der Waals surface area contributed by atoms with Crippen molar-refractivity contribution >= 4 is 11.8 Å². The summed E-state index contributed by atoms with van der Waals surface area (Å²) in [5, 5.41) is 13.5. The first kappa shape index (κ1) is 27.3. The molecule has 7 nitrogen and oxygen atoms in total. The summed E-state index contributed by atoms with van der Waals surface area (Å²) in [6, 6.07) is 6.57. The number of rotatable bonds is 12. The number of carboxylic acids is 1. The van der Waals surface area contributed by atoms with Crippen molar-refractivity contribution in [2.75, 3.05) is 38.7 Å². The SMILES string of the molecule is COc1c(F)cc(C(C)C)cc1[C@@H](C(=O)O)N1CC[C@@H](OCCCCCc2ccc3c(n2)NCCC3)C1. The van der Waals surface area contributed by atoms with E-state index in [0.717, 1.165) is 62.1 Å². The molecule has 2 aliphatic rings. The second-order valence-corrected chi connectivity index (χ2v) is 10.4. The first-order chi connectivity index (χ1) is 17.9. The Bertz CT molecular complexity index is 1080. The van der Waals surface area contributed by atoms with Gasteiger partial charge in [-0.25, -0.2) is 9.37 Å². The minimum atomic E-state index is -1.01. The van der Waals surface area contributed by atoms with Crippen molar-refractivity contribution in [1.82, 2.24) is 9.88 Å². The van der Waals surface area contributed by atoms with Gasteiger partial charge in [0.15, 0.2) is 11.6 Å². The Hall–Kier alpha value is -2.71. The van der Waals surface area contributed by atoms with Gasteiger partial charge in [0, 0.05) is 37.5 Å². The van der Waals surface area contributed by atoms with E-state index in [1.54, 1.807) is 6.07 Å². The molecule has 0 unspecified atom stereocenters. The van der Waals surface area contributed by atoms with Gasteiger partial charge in [-0.1, -0.05) is 26.3 Å². The predicted molar refractivity (Wildman–Crippen MR) is 142 cm³/mol. The largest absolute Gasteiger partial charge is 0.493 e. The monoisotopic (exact) mass is 513 g/mol. The predicted octanol–water partition coefficient (Wildman–Crippen LogP) is 5.34. The number of anilines is 1. The number of aryl methyl sites for hydroxylation is 2. The molecule has 4 rings (SSSR count). The molecular formula is C29H40FN3O4. The third-order valence-corrected chi connectivity index (χ3v) is 7.42. The van der Waals surface area contributed by atoms with Crippen molar-refractivity contribution < 1.29 is 23.8 Å². The van der Waals surface area contributed by atoms with Gasteiger partial charge < -0.3 is 19.9 Å². The number of aliphatic carboxylic acids is 1. The maximum atomic E-state index is 14.7. The molecule has 37 heavy (non-hydrogen) atoms. The highest BCUT2D eigenvalue weighted by Gasteiger charge is 2.36. The van der Waals surface area contributed by atoms with E-state index >= 15 is 0 Å². The van der Waals surface area contributed by atoms with Crippen LogP contribution in [0.4, 0.5) is 10.2 Å². The van der Waals surface area contributed by atoms with Gasteiger partial charge >= 0.3 is 5.97 Å². The molecule has 3 heterocycles. The Balaban J connectivity index is 1.25. The molecule has 0 bridgehead atoms. The molecule has 2 aromatic rings.